The molecule has 0 aromatic carbocycles. The summed E-state index contributed by atoms with van der Waals surface area (Å²) in [7, 11) is 2.13. The molecule has 0 aliphatic heterocycles. The first-order valence-electron chi connectivity index (χ1n) is 7.00. The molecule has 0 bridgehead atoms. The summed E-state index contributed by atoms with van der Waals surface area (Å²) < 4.78 is 0. The number of hydrogen-bond acceptors (Lipinski definition) is 4. The van der Waals surface area contributed by atoms with Crippen LogP contribution in [0.1, 0.15) is 36.9 Å². The highest BCUT2D eigenvalue weighted by molar-refractivity contribution is 5.30. The molecule has 2 atom stereocenters. The summed E-state index contributed by atoms with van der Waals surface area (Å²) in [5, 5.41) is 9.09. The fourth-order valence-corrected chi connectivity index (χ4v) is 3.10. The number of nitriles is 1. The summed E-state index contributed by atoms with van der Waals surface area (Å²) in [4.78, 5) is 6.46. The van der Waals surface area contributed by atoms with Crippen molar-refractivity contribution in [3.8, 4) is 6.07 Å². The molecule has 4 heteroatoms. The van der Waals surface area contributed by atoms with Crippen LogP contribution in [0.5, 0.6) is 0 Å². The lowest BCUT2D eigenvalue weighted by Gasteiger charge is -2.37. The second kappa shape index (κ2) is 6.65. The largest absolute Gasteiger partial charge is 0.330 e. The first-order chi connectivity index (χ1) is 9.26. The third-order valence-corrected chi connectivity index (χ3v) is 4.15. The lowest BCUT2D eigenvalue weighted by atomic mass is 9.83. The number of aromatic nitrogens is 1. The van der Waals surface area contributed by atoms with Crippen molar-refractivity contribution in [3.63, 3.8) is 0 Å². The van der Waals surface area contributed by atoms with Gasteiger partial charge < -0.3 is 5.73 Å². The van der Waals surface area contributed by atoms with Gasteiger partial charge >= 0.3 is 0 Å². The molecule has 1 heterocycles. The maximum Gasteiger partial charge on any atom is 0.144 e. The first kappa shape index (κ1) is 14.0. The Labute approximate surface area is 115 Å². The van der Waals surface area contributed by atoms with Gasteiger partial charge in [0.2, 0.25) is 0 Å². The van der Waals surface area contributed by atoms with Crippen molar-refractivity contribution in [2.75, 3.05) is 13.6 Å². The number of hydrogen-bond donors (Lipinski definition) is 1. The van der Waals surface area contributed by atoms with E-state index in [9.17, 15) is 0 Å². The number of nitrogens with zero attached hydrogens (tertiary/aromatic N) is 3. The van der Waals surface area contributed by atoms with Gasteiger partial charge in [0.25, 0.3) is 0 Å². The zero-order valence-corrected chi connectivity index (χ0v) is 11.5. The van der Waals surface area contributed by atoms with Gasteiger partial charge in [0, 0.05) is 24.3 Å². The van der Waals surface area contributed by atoms with E-state index in [1.54, 1.807) is 6.20 Å². The van der Waals surface area contributed by atoms with Gasteiger partial charge in [-0.25, -0.2) is 4.98 Å². The average Bonchev–Trinajstić information content (AvgIpc) is 2.47. The lowest BCUT2D eigenvalue weighted by molar-refractivity contribution is 0.127. The Morgan fingerprint density at radius 2 is 2.26 bits per heavy atom. The average molecular weight is 258 g/mol. The zero-order valence-electron chi connectivity index (χ0n) is 11.5. The van der Waals surface area contributed by atoms with Gasteiger partial charge in [0.1, 0.15) is 11.8 Å². The van der Waals surface area contributed by atoms with Gasteiger partial charge in [-0.3, -0.25) is 4.90 Å². The van der Waals surface area contributed by atoms with E-state index in [1.165, 1.54) is 25.7 Å². The summed E-state index contributed by atoms with van der Waals surface area (Å²) in [5.41, 5.74) is 7.43. The van der Waals surface area contributed by atoms with Crippen LogP contribution in [0.2, 0.25) is 0 Å². The minimum absolute atomic E-state index is 0.533. The molecule has 0 radical (unpaired) electrons. The van der Waals surface area contributed by atoms with E-state index in [-0.39, 0.29) is 0 Å². The standard InChI is InChI=1S/C15H22N4/c1-19(15-7-3-2-5-12(15)9-16)11-13-6-4-8-18-14(13)10-17/h4,6,8,12,15H,2-3,5,7,9,11,16H2,1H3. The Kier molecular flexibility index (Phi) is 4.89. The highest BCUT2D eigenvalue weighted by Gasteiger charge is 2.27. The number of nitrogens with two attached hydrogens (primary N) is 1. The fourth-order valence-electron chi connectivity index (χ4n) is 3.10. The van der Waals surface area contributed by atoms with Gasteiger partial charge in [0.05, 0.1) is 0 Å². The molecule has 0 amide bonds. The van der Waals surface area contributed by atoms with Crippen LogP contribution in [-0.2, 0) is 6.54 Å². The van der Waals surface area contributed by atoms with Gasteiger partial charge in [0.15, 0.2) is 0 Å². The van der Waals surface area contributed by atoms with Crippen LogP contribution in [0.3, 0.4) is 0 Å². The van der Waals surface area contributed by atoms with Crippen LogP contribution in [0.25, 0.3) is 0 Å². The lowest BCUT2D eigenvalue weighted by Crippen LogP contribution is -2.42. The highest BCUT2D eigenvalue weighted by Crippen LogP contribution is 2.28. The smallest absolute Gasteiger partial charge is 0.144 e. The van der Waals surface area contributed by atoms with Gasteiger partial charge in [-0.1, -0.05) is 18.9 Å². The molecule has 1 saturated carbocycles. The fraction of sp³-hybridized carbons (Fsp3) is 0.600. The summed E-state index contributed by atoms with van der Waals surface area (Å²) in [6, 6.07) is 6.58. The molecule has 1 aromatic rings. The molecule has 1 aromatic heterocycles. The summed E-state index contributed by atoms with van der Waals surface area (Å²) in [5.74, 6) is 0.584. The maximum absolute atomic E-state index is 9.09. The minimum atomic E-state index is 0.533. The van der Waals surface area contributed by atoms with Gasteiger partial charge in [-0.05, 0) is 38.4 Å². The Balaban J connectivity index is 2.07. The maximum atomic E-state index is 9.09. The van der Waals surface area contributed by atoms with E-state index in [1.807, 2.05) is 12.1 Å². The van der Waals surface area contributed by atoms with E-state index in [2.05, 4.69) is 23.0 Å². The molecule has 2 unspecified atom stereocenters. The van der Waals surface area contributed by atoms with E-state index in [4.69, 9.17) is 11.0 Å². The van der Waals surface area contributed by atoms with Crippen LogP contribution < -0.4 is 5.73 Å². The Hall–Kier alpha value is -1.44. The van der Waals surface area contributed by atoms with E-state index < -0.39 is 0 Å². The third kappa shape index (κ3) is 3.31. The molecule has 1 aliphatic rings. The molecular weight excluding hydrogens is 236 g/mol. The van der Waals surface area contributed by atoms with Crippen molar-refractivity contribution in [3.05, 3.63) is 29.6 Å². The van der Waals surface area contributed by atoms with Crippen LogP contribution in [-0.4, -0.2) is 29.5 Å². The summed E-state index contributed by atoms with van der Waals surface area (Å²) in [6.07, 6.45) is 6.68. The molecule has 102 valence electrons. The minimum Gasteiger partial charge on any atom is -0.330 e. The Morgan fingerprint density at radius 3 is 3.00 bits per heavy atom. The van der Waals surface area contributed by atoms with Gasteiger partial charge in [-0.2, -0.15) is 5.26 Å². The molecule has 2 N–H and O–H groups in total. The van der Waals surface area contributed by atoms with E-state index >= 15 is 0 Å². The van der Waals surface area contributed by atoms with Crippen molar-refractivity contribution in [2.24, 2.45) is 11.7 Å². The van der Waals surface area contributed by atoms with Crippen molar-refractivity contribution in [2.45, 2.75) is 38.3 Å². The topological polar surface area (TPSA) is 65.9 Å². The molecule has 0 saturated heterocycles. The van der Waals surface area contributed by atoms with E-state index in [0.29, 0.717) is 17.7 Å². The van der Waals surface area contributed by atoms with Crippen molar-refractivity contribution >= 4 is 0 Å². The molecule has 2 rings (SSSR count). The zero-order chi connectivity index (χ0) is 13.7. The van der Waals surface area contributed by atoms with Crippen LogP contribution >= 0.6 is 0 Å². The monoisotopic (exact) mass is 258 g/mol. The summed E-state index contributed by atoms with van der Waals surface area (Å²) in [6.45, 7) is 1.53. The molecular formula is C15H22N4. The first-order valence-corrected chi connectivity index (χ1v) is 7.00. The Morgan fingerprint density at radius 1 is 1.47 bits per heavy atom. The highest BCUT2D eigenvalue weighted by atomic mass is 15.1. The van der Waals surface area contributed by atoms with Crippen molar-refractivity contribution in [1.82, 2.24) is 9.88 Å². The van der Waals surface area contributed by atoms with E-state index in [0.717, 1.165) is 18.7 Å². The normalized spacial score (nSPS) is 23.3. The predicted molar refractivity (Wildman–Crippen MR) is 75.2 cm³/mol. The van der Waals surface area contributed by atoms with Crippen molar-refractivity contribution < 1.29 is 0 Å². The Bertz CT molecular complexity index is 452. The van der Waals surface area contributed by atoms with Gasteiger partial charge in [-0.15, -0.1) is 0 Å². The number of rotatable bonds is 4. The second-order valence-electron chi connectivity index (χ2n) is 5.39. The molecule has 19 heavy (non-hydrogen) atoms. The SMILES string of the molecule is CN(Cc1cccnc1C#N)C1CCCCC1CN. The molecule has 1 fully saturated rings. The predicted octanol–water partition coefficient (Wildman–Crippen LogP) is 1.90. The summed E-state index contributed by atoms with van der Waals surface area (Å²) >= 11 is 0. The second-order valence-corrected chi connectivity index (χ2v) is 5.39. The number of pyridine rings is 1. The third-order valence-electron chi connectivity index (χ3n) is 4.15. The quantitative estimate of drug-likeness (QED) is 0.895. The van der Waals surface area contributed by atoms with Crippen LogP contribution in [0, 0.1) is 17.2 Å². The molecule has 4 nitrogen and oxygen atoms in total. The van der Waals surface area contributed by atoms with Crippen LogP contribution in [0.4, 0.5) is 0 Å². The molecule has 0 spiro atoms. The van der Waals surface area contributed by atoms with Crippen LogP contribution in [0.15, 0.2) is 18.3 Å². The van der Waals surface area contributed by atoms with Crippen molar-refractivity contribution in [1.29, 1.82) is 5.26 Å². The molecule has 1 aliphatic carbocycles.